The third-order valence-corrected chi connectivity index (χ3v) is 11.5. The maximum Gasteiger partial charge on any atom is 0.241 e. The molecule has 1 unspecified atom stereocenters. The SMILES string of the molecule is C[C@@H]1[C@@H]([Si](C)(C)O)[C@H](CCn2cc(C(CO)c3ccccc3)nn2)O[C@@H]1CCc1cccc(NC(=O)[C@H]2CCCN2)c1. The number of carbonyl (C=O) groups is 1. The molecular formula is C32H45N5O4Si. The van der Waals surface area contributed by atoms with Gasteiger partial charge in [0.05, 0.1) is 36.5 Å². The van der Waals surface area contributed by atoms with Crippen LogP contribution in [0.1, 0.15) is 55.3 Å². The number of carbonyl (C=O) groups excluding carboxylic acids is 1. The predicted molar refractivity (Wildman–Crippen MR) is 166 cm³/mol. The van der Waals surface area contributed by atoms with E-state index in [0.717, 1.165) is 61.2 Å². The Labute approximate surface area is 249 Å². The number of hydrogen-bond donors (Lipinski definition) is 4. The number of ether oxygens (including phenoxy) is 1. The van der Waals surface area contributed by atoms with Gasteiger partial charge in [-0.05, 0) is 80.9 Å². The van der Waals surface area contributed by atoms with Crippen LogP contribution in [0.25, 0.3) is 0 Å². The van der Waals surface area contributed by atoms with Crippen molar-refractivity contribution >= 4 is 19.9 Å². The summed E-state index contributed by atoms with van der Waals surface area (Å²) in [5.74, 6) is 0.0561. The van der Waals surface area contributed by atoms with Crippen LogP contribution in [0.3, 0.4) is 0 Å². The molecule has 1 amide bonds. The Morgan fingerprint density at radius 2 is 1.98 bits per heavy atom. The van der Waals surface area contributed by atoms with Crippen molar-refractivity contribution in [3.05, 3.63) is 77.6 Å². The number of aryl methyl sites for hydroxylation is 2. The molecule has 10 heteroatoms. The first-order valence-electron chi connectivity index (χ1n) is 15.3. The third kappa shape index (κ3) is 7.35. The molecule has 3 aromatic rings. The number of hydrogen-bond acceptors (Lipinski definition) is 7. The highest BCUT2D eigenvalue weighted by Gasteiger charge is 2.49. The van der Waals surface area contributed by atoms with Crippen molar-refractivity contribution in [3.8, 4) is 0 Å². The minimum absolute atomic E-state index is 0.0321. The number of anilines is 1. The molecule has 6 atom stereocenters. The second-order valence-corrected chi connectivity index (χ2v) is 16.4. The molecule has 0 spiro atoms. The summed E-state index contributed by atoms with van der Waals surface area (Å²) in [6.45, 7) is 7.72. The molecule has 9 nitrogen and oxygen atoms in total. The molecule has 42 heavy (non-hydrogen) atoms. The maximum atomic E-state index is 12.5. The summed E-state index contributed by atoms with van der Waals surface area (Å²) in [5, 5.41) is 25.0. The summed E-state index contributed by atoms with van der Waals surface area (Å²) in [4.78, 5) is 23.8. The first-order chi connectivity index (χ1) is 20.2. The smallest absolute Gasteiger partial charge is 0.241 e. The lowest BCUT2D eigenvalue weighted by Crippen LogP contribution is -2.40. The summed E-state index contributed by atoms with van der Waals surface area (Å²) in [7, 11) is -2.50. The first-order valence-corrected chi connectivity index (χ1v) is 18.3. The Morgan fingerprint density at radius 1 is 1.17 bits per heavy atom. The van der Waals surface area contributed by atoms with E-state index in [0.29, 0.717) is 6.54 Å². The van der Waals surface area contributed by atoms with E-state index in [2.05, 4.69) is 40.0 Å². The molecule has 5 rings (SSSR count). The van der Waals surface area contributed by atoms with E-state index in [-0.39, 0.29) is 48.1 Å². The number of aliphatic hydroxyl groups excluding tert-OH is 1. The number of benzene rings is 2. The van der Waals surface area contributed by atoms with E-state index in [4.69, 9.17) is 4.74 Å². The van der Waals surface area contributed by atoms with Crippen molar-refractivity contribution in [2.45, 2.75) is 88.4 Å². The Morgan fingerprint density at radius 3 is 2.69 bits per heavy atom. The van der Waals surface area contributed by atoms with Crippen molar-refractivity contribution in [2.24, 2.45) is 5.92 Å². The number of nitrogens with one attached hydrogen (secondary N) is 2. The summed E-state index contributed by atoms with van der Waals surface area (Å²) in [5.41, 5.74) is 3.86. The fourth-order valence-electron chi connectivity index (χ4n) is 6.83. The van der Waals surface area contributed by atoms with Gasteiger partial charge in [-0.3, -0.25) is 9.48 Å². The molecular weight excluding hydrogens is 546 g/mol. The zero-order chi connectivity index (χ0) is 29.7. The highest BCUT2D eigenvalue weighted by atomic mass is 28.4. The van der Waals surface area contributed by atoms with Crippen molar-refractivity contribution in [1.29, 1.82) is 0 Å². The minimum atomic E-state index is -2.50. The highest BCUT2D eigenvalue weighted by molar-refractivity contribution is 6.71. The Kier molecular flexibility index (Phi) is 9.90. The van der Waals surface area contributed by atoms with Crippen molar-refractivity contribution in [1.82, 2.24) is 20.3 Å². The maximum absolute atomic E-state index is 12.5. The van der Waals surface area contributed by atoms with E-state index in [9.17, 15) is 14.7 Å². The lowest BCUT2D eigenvalue weighted by Gasteiger charge is -2.30. The van der Waals surface area contributed by atoms with Crippen LogP contribution in [0.15, 0.2) is 60.8 Å². The van der Waals surface area contributed by atoms with E-state index >= 15 is 0 Å². The molecule has 226 valence electrons. The van der Waals surface area contributed by atoms with Gasteiger partial charge in [0.1, 0.15) is 0 Å². The van der Waals surface area contributed by atoms with Crippen LogP contribution < -0.4 is 10.6 Å². The van der Waals surface area contributed by atoms with E-state index in [1.165, 1.54) is 0 Å². The van der Waals surface area contributed by atoms with Gasteiger partial charge in [0.25, 0.3) is 0 Å². The van der Waals surface area contributed by atoms with E-state index in [1.54, 1.807) is 0 Å². The number of rotatable bonds is 12. The zero-order valence-electron chi connectivity index (χ0n) is 24.9. The average Bonchev–Trinajstić information content (AvgIpc) is 3.73. The monoisotopic (exact) mass is 591 g/mol. The molecule has 2 aliphatic heterocycles. The normalized spacial score (nSPS) is 25.0. The van der Waals surface area contributed by atoms with Gasteiger partial charge in [-0.1, -0.05) is 54.6 Å². The van der Waals surface area contributed by atoms with Crippen molar-refractivity contribution < 1.29 is 19.4 Å². The van der Waals surface area contributed by atoms with E-state index in [1.807, 2.05) is 66.4 Å². The quantitative estimate of drug-likeness (QED) is 0.234. The van der Waals surface area contributed by atoms with Gasteiger partial charge in [-0.2, -0.15) is 0 Å². The Balaban J connectivity index is 1.19. The van der Waals surface area contributed by atoms with E-state index < -0.39 is 8.32 Å². The molecule has 2 aliphatic rings. The van der Waals surface area contributed by atoms with Gasteiger partial charge in [0, 0.05) is 24.0 Å². The topological polar surface area (TPSA) is 122 Å². The summed E-state index contributed by atoms with van der Waals surface area (Å²) in [6, 6.07) is 17.8. The van der Waals surface area contributed by atoms with Gasteiger partial charge in [-0.15, -0.1) is 5.10 Å². The number of aromatic nitrogens is 3. The number of nitrogens with zero attached hydrogens (tertiary/aromatic N) is 3. The molecule has 3 heterocycles. The largest absolute Gasteiger partial charge is 0.432 e. The van der Waals surface area contributed by atoms with Crippen LogP contribution in [0.2, 0.25) is 18.6 Å². The molecule has 0 aliphatic carbocycles. The second-order valence-electron chi connectivity index (χ2n) is 12.5. The Hall–Kier alpha value is -2.89. The molecule has 4 N–H and O–H groups in total. The number of aliphatic hydroxyl groups is 1. The molecule has 2 saturated heterocycles. The van der Waals surface area contributed by atoms with Crippen LogP contribution >= 0.6 is 0 Å². The standard InChI is InChI=1S/C32H45N5O4Si/c1-22-29(15-14-23-9-7-12-25(19-23)34-32(39)27-13-8-17-33-27)41-30(31(22)42(2,3)40)16-18-37-20-28(35-36-37)26(21-38)24-10-5-4-6-11-24/h4-7,9-12,19-20,22,26-27,29-31,33,38,40H,8,13-18,21H2,1-3H3,(H,34,39)/t22-,26?,27+,29+,30-,31+/m0/s1. The van der Waals surface area contributed by atoms with Crippen molar-refractivity contribution in [2.75, 3.05) is 18.5 Å². The second kappa shape index (κ2) is 13.6. The van der Waals surface area contributed by atoms with Gasteiger partial charge in [0.15, 0.2) is 8.32 Å². The number of amides is 1. The van der Waals surface area contributed by atoms with Gasteiger partial charge < -0.3 is 25.3 Å². The molecule has 0 radical (unpaired) electrons. The van der Waals surface area contributed by atoms with Gasteiger partial charge in [-0.25, -0.2) is 0 Å². The lowest BCUT2D eigenvalue weighted by atomic mass is 9.95. The highest BCUT2D eigenvalue weighted by Crippen LogP contribution is 2.45. The average molecular weight is 592 g/mol. The minimum Gasteiger partial charge on any atom is -0.432 e. The van der Waals surface area contributed by atoms with Crippen LogP contribution in [0.5, 0.6) is 0 Å². The molecule has 2 fully saturated rings. The fourth-order valence-corrected chi connectivity index (χ4v) is 9.48. The van der Waals surface area contributed by atoms with Crippen LogP contribution in [-0.2, 0) is 22.5 Å². The van der Waals surface area contributed by atoms with Crippen molar-refractivity contribution in [3.63, 3.8) is 0 Å². The summed E-state index contributed by atoms with van der Waals surface area (Å²) in [6.07, 6.45) is 6.23. The predicted octanol–water partition coefficient (Wildman–Crippen LogP) is 4.09. The van der Waals surface area contributed by atoms with Gasteiger partial charge >= 0.3 is 0 Å². The molecule has 0 bridgehead atoms. The van der Waals surface area contributed by atoms with Gasteiger partial charge in [0.2, 0.25) is 5.91 Å². The first kappa shape index (κ1) is 30.6. The van der Waals surface area contributed by atoms with Crippen LogP contribution in [0.4, 0.5) is 5.69 Å². The van der Waals surface area contributed by atoms with Crippen LogP contribution in [0, 0.1) is 5.92 Å². The third-order valence-electron chi connectivity index (χ3n) is 8.95. The summed E-state index contributed by atoms with van der Waals surface area (Å²) < 4.78 is 8.48. The molecule has 1 aromatic heterocycles. The summed E-state index contributed by atoms with van der Waals surface area (Å²) >= 11 is 0. The molecule has 0 saturated carbocycles. The fraction of sp³-hybridized carbons (Fsp3) is 0.531. The van der Waals surface area contributed by atoms with Crippen LogP contribution in [-0.4, -0.2) is 70.5 Å². The zero-order valence-corrected chi connectivity index (χ0v) is 25.9. The molecule has 2 aromatic carbocycles. The lowest BCUT2D eigenvalue weighted by molar-refractivity contribution is -0.117. The Bertz CT molecular complexity index is 1310.